The van der Waals surface area contributed by atoms with Gasteiger partial charge in [-0.05, 0) is 48.8 Å². The standard InChI is InChI=1S/C11H17BrN2O2S2.ClH/c1-8-6-10(12)11(17-8)18(15,16)14-5-3-4-9(7-14)13-2;/h6,9,13H,3-5,7H2,1-2H3;1H. The second kappa shape index (κ2) is 6.87. The number of likely N-dealkylation sites (N-methyl/N-ethyl adjacent to an activating group) is 1. The molecule has 0 amide bonds. The maximum absolute atomic E-state index is 12.6. The Balaban J connectivity index is 0.00000180. The van der Waals surface area contributed by atoms with Crippen LogP contribution in [-0.4, -0.2) is 38.9 Å². The van der Waals surface area contributed by atoms with E-state index in [2.05, 4.69) is 21.2 Å². The molecule has 2 rings (SSSR count). The molecule has 0 bridgehead atoms. The zero-order chi connectivity index (χ0) is 13.3. The fourth-order valence-corrected chi connectivity index (χ4v) is 6.55. The van der Waals surface area contributed by atoms with E-state index in [4.69, 9.17) is 0 Å². The summed E-state index contributed by atoms with van der Waals surface area (Å²) in [6.45, 7) is 3.09. The van der Waals surface area contributed by atoms with Crippen LogP contribution in [0.2, 0.25) is 0 Å². The molecule has 0 aliphatic carbocycles. The van der Waals surface area contributed by atoms with Gasteiger partial charge in [-0.25, -0.2) is 8.42 Å². The lowest BCUT2D eigenvalue weighted by Crippen LogP contribution is -2.46. The lowest BCUT2D eigenvalue weighted by Gasteiger charge is -2.31. The highest BCUT2D eigenvalue weighted by Gasteiger charge is 2.32. The van der Waals surface area contributed by atoms with Crippen LogP contribution in [0.1, 0.15) is 17.7 Å². The largest absolute Gasteiger partial charge is 0.316 e. The van der Waals surface area contributed by atoms with Crippen LogP contribution in [0.25, 0.3) is 0 Å². The maximum atomic E-state index is 12.6. The third-order valence-corrected chi connectivity index (χ3v) is 7.72. The predicted octanol–water partition coefficient (Wildman–Crippen LogP) is 2.61. The molecule has 1 aromatic rings. The normalized spacial score (nSPS) is 21.1. The predicted molar refractivity (Wildman–Crippen MR) is 84.8 cm³/mol. The van der Waals surface area contributed by atoms with Gasteiger partial charge in [0.2, 0.25) is 0 Å². The summed E-state index contributed by atoms with van der Waals surface area (Å²) < 4.78 is 27.8. The Morgan fingerprint density at radius 2 is 2.21 bits per heavy atom. The summed E-state index contributed by atoms with van der Waals surface area (Å²) >= 11 is 4.67. The van der Waals surface area contributed by atoms with Gasteiger partial charge in [0.25, 0.3) is 10.0 Å². The fraction of sp³-hybridized carbons (Fsp3) is 0.636. The van der Waals surface area contributed by atoms with Crippen molar-refractivity contribution >= 4 is 49.7 Å². The van der Waals surface area contributed by atoms with Gasteiger partial charge in [0.15, 0.2) is 0 Å². The average Bonchev–Trinajstić information content (AvgIpc) is 2.69. The van der Waals surface area contributed by atoms with Crippen LogP contribution in [0.15, 0.2) is 14.7 Å². The molecule has 1 N–H and O–H groups in total. The summed E-state index contributed by atoms with van der Waals surface area (Å²) in [5.74, 6) is 0. The summed E-state index contributed by atoms with van der Waals surface area (Å²) in [6, 6.07) is 2.12. The molecule has 19 heavy (non-hydrogen) atoms. The van der Waals surface area contributed by atoms with E-state index in [1.165, 1.54) is 11.3 Å². The van der Waals surface area contributed by atoms with Gasteiger partial charge in [0, 0.05) is 28.5 Å². The molecule has 0 aromatic carbocycles. The van der Waals surface area contributed by atoms with Crippen LogP contribution in [0.3, 0.4) is 0 Å². The van der Waals surface area contributed by atoms with Crippen molar-refractivity contribution in [3.63, 3.8) is 0 Å². The number of aryl methyl sites for hydroxylation is 1. The minimum absolute atomic E-state index is 0. The molecule has 1 unspecified atom stereocenters. The van der Waals surface area contributed by atoms with Crippen LogP contribution in [0, 0.1) is 6.92 Å². The second-order valence-electron chi connectivity index (χ2n) is 4.48. The summed E-state index contributed by atoms with van der Waals surface area (Å²) in [5, 5.41) is 3.16. The first-order chi connectivity index (χ1) is 8.45. The molecule has 1 saturated heterocycles. The lowest BCUT2D eigenvalue weighted by molar-refractivity contribution is 0.293. The average molecular weight is 390 g/mol. The highest BCUT2D eigenvalue weighted by atomic mass is 79.9. The number of piperidine rings is 1. The van der Waals surface area contributed by atoms with Gasteiger partial charge in [0.05, 0.1) is 0 Å². The van der Waals surface area contributed by atoms with Crippen molar-refractivity contribution in [3.8, 4) is 0 Å². The van der Waals surface area contributed by atoms with Crippen molar-refractivity contribution in [3.05, 3.63) is 15.4 Å². The molecule has 1 aliphatic heterocycles. The molecule has 110 valence electrons. The Hall–Kier alpha value is 0.340. The summed E-state index contributed by atoms with van der Waals surface area (Å²) in [7, 11) is -1.47. The topological polar surface area (TPSA) is 49.4 Å². The lowest BCUT2D eigenvalue weighted by atomic mass is 10.1. The summed E-state index contributed by atoms with van der Waals surface area (Å²) in [4.78, 5) is 1.00. The van der Waals surface area contributed by atoms with Gasteiger partial charge < -0.3 is 5.32 Å². The van der Waals surface area contributed by atoms with E-state index in [1.54, 1.807) is 4.31 Å². The third kappa shape index (κ3) is 3.71. The molecule has 0 saturated carbocycles. The van der Waals surface area contributed by atoms with Crippen LogP contribution in [-0.2, 0) is 10.0 Å². The van der Waals surface area contributed by atoms with E-state index in [-0.39, 0.29) is 18.4 Å². The van der Waals surface area contributed by atoms with Gasteiger partial charge in [-0.2, -0.15) is 4.31 Å². The van der Waals surface area contributed by atoms with Crippen LogP contribution in [0.4, 0.5) is 0 Å². The number of thiophene rings is 1. The van der Waals surface area contributed by atoms with Crippen molar-refractivity contribution in [2.45, 2.75) is 30.0 Å². The molecule has 0 radical (unpaired) electrons. The van der Waals surface area contributed by atoms with Crippen molar-refractivity contribution < 1.29 is 8.42 Å². The van der Waals surface area contributed by atoms with E-state index in [1.807, 2.05) is 20.0 Å². The molecule has 0 spiro atoms. The van der Waals surface area contributed by atoms with Gasteiger partial charge in [-0.1, -0.05) is 0 Å². The minimum atomic E-state index is -3.35. The van der Waals surface area contributed by atoms with Gasteiger partial charge in [-0.15, -0.1) is 23.7 Å². The summed E-state index contributed by atoms with van der Waals surface area (Å²) in [5.41, 5.74) is 0. The highest BCUT2D eigenvalue weighted by molar-refractivity contribution is 9.10. The fourth-order valence-electron chi connectivity index (χ4n) is 2.15. The second-order valence-corrected chi connectivity index (χ2v) is 8.73. The van der Waals surface area contributed by atoms with Crippen molar-refractivity contribution in [1.29, 1.82) is 0 Å². The number of sulfonamides is 1. The first-order valence-corrected chi connectivity index (χ1v) is 8.93. The van der Waals surface area contributed by atoms with Crippen LogP contribution in [0.5, 0.6) is 0 Å². The van der Waals surface area contributed by atoms with Crippen LogP contribution < -0.4 is 5.32 Å². The number of halogens is 2. The van der Waals surface area contributed by atoms with Gasteiger partial charge in [-0.3, -0.25) is 0 Å². The molecule has 4 nitrogen and oxygen atoms in total. The van der Waals surface area contributed by atoms with Crippen LogP contribution >= 0.6 is 39.7 Å². The maximum Gasteiger partial charge on any atom is 0.253 e. The Bertz CT molecular complexity index is 533. The number of hydrogen-bond donors (Lipinski definition) is 1. The van der Waals surface area contributed by atoms with E-state index < -0.39 is 10.0 Å². The molecule has 8 heteroatoms. The van der Waals surface area contributed by atoms with Gasteiger partial charge in [0.1, 0.15) is 4.21 Å². The zero-order valence-electron chi connectivity index (χ0n) is 10.8. The Labute approximate surface area is 133 Å². The Kier molecular flexibility index (Phi) is 6.28. The first-order valence-electron chi connectivity index (χ1n) is 5.88. The number of rotatable bonds is 3. The molecule has 1 aromatic heterocycles. The zero-order valence-corrected chi connectivity index (χ0v) is 14.9. The van der Waals surface area contributed by atoms with Gasteiger partial charge >= 0.3 is 0 Å². The van der Waals surface area contributed by atoms with Crippen molar-refractivity contribution in [1.82, 2.24) is 9.62 Å². The SMILES string of the molecule is CNC1CCCN(S(=O)(=O)c2sc(C)cc2Br)C1.Cl. The quantitative estimate of drug-likeness (QED) is 0.864. The van der Waals surface area contributed by atoms with Crippen molar-refractivity contribution in [2.75, 3.05) is 20.1 Å². The van der Waals surface area contributed by atoms with E-state index >= 15 is 0 Å². The van der Waals surface area contributed by atoms with E-state index in [9.17, 15) is 8.42 Å². The minimum Gasteiger partial charge on any atom is -0.316 e. The highest BCUT2D eigenvalue weighted by Crippen LogP contribution is 2.34. The Morgan fingerprint density at radius 1 is 1.53 bits per heavy atom. The number of nitrogens with zero attached hydrogens (tertiary/aromatic N) is 1. The number of hydrogen-bond acceptors (Lipinski definition) is 4. The Morgan fingerprint density at radius 3 is 2.74 bits per heavy atom. The molecular weight excluding hydrogens is 372 g/mol. The first kappa shape index (κ1) is 17.4. The molecule has 1 aliphatic rings. The molecule has 2 heterocycles. The molecule has 1 fully saturated rings. The van der Waals surface area contributed by atoms with E-state index in [0.29, 0.717) is 21.8 Å². The molecule has 1 atom stereocenters. The summed E-state index contributed by atoms with van der Waals surface area (Å²) in [6.07, 6.45) is 1.94. The van der Waals surface area contributed by atoms with E-state index in [0.717, 1.165) is 17.7 Å². The smallest absolute Gasteiger partial charge is 0.253 e. The van der Waals surface area contributed by atoms with Crippen molar-refractivity contribution in [2.24, 2.45) is 0 Å². The third-order valence-electron chi connectivity index (χ3n) is 3.15. The number of nitrogens with one attached hydrogen (secondary N) is 1. The molecular formula is C11H18BrClN2O2S2. The monoisotopic (exact) mass is 388 g/mol.